The van der Waals surface area contributed by atoms with E-state index in [1.165, 1.54) is 6.07 Å². The largest absolute Gasteiger partial charge is 0.383 e. The molecule has 0 spiro atoms. The zero-order valence-electron chi connectivity index (χ0n) is 10.5. The number of nitro groups is 1. The van der Waals surface area contributed by atoms with Gasteiger partial charge in [0.2, 0.25) is 0 Å². The summed E-state index contributed by atoms with van der Waals surface area (Å²) in [6.45, 7) is 0.564. The van der Waals surface area contributed by atoms with Crippen LogP contribution in [0.5, 0.6) is 0 Å². The molecular formula is C12H17ClN2O3. The summed E-state index contributed by atoms with van der Waals surface area (Å²) in [5.41, 5.74) is 0.662. The van der Waals surface area contributed by atoms with Gasteiger partial charge in [0.25, 0.3) is 5.69 Å². The van der Waals surface area contributed by atoms with Gasteiger partial charge in [-0.15, -0.1) is 0 Å². The van der Waals surface area contributed by atoms with Crippen molar-refractivity contribution in [1.29, 1.82) is 0 Å². The minimum atomic E-state index is -0.397. The van der Waals surface area contributed by atoms with Crippen LogP contribution >= 0.6 is 11.6 Å². The molecule has 1 aromatic carbocycles. The van der Waals surface area contributed by atoms with E-state index in [2.05, 4.69) is 5.32 Å². The number of nitro benzene ring substituents is 1. The first-order valence-electron chi connectivity index (χ1n) is 5.68. The third kappa shape index (κ3) is 3.94. The number of benzene rings is 1. The number of ether oxygens (including phenoxy) is 1. The third-order valence-corrected chi connectivity index (χ3v) is 3.16. The normalized spacial score (nSPS) is 12.4. The Bertz CT molecular complexity index is 412. The summed E-state index contributed by atoms with van der Waals surface area (Å²) in [4.78, 5) is 10.5. The van der Waals surface area contributed by atoms with Gasteiger partial charge in [-0.25, -0.2) is 0 Å². The number of nitrogens with zero attached hydrogens (tertiary/aromatic N) is 1. The van der Waals surface area contributed by atoms with Crippen molar-refractivity contribution in [3.63, 3.8) is 0 Å². The molecule has 18 heavy (non-hydrogen) atoms. The number of hydrogen-bond donors (Lipinski definition) is 1. The van der Waals surface area contributed by atoms with E-state index in [1.807, 2.05) is 7.05 Å². The highest BCUT2D eigenvalue weighted by Crippen LogP contribution is 2.27. The molecule has 0 saturated heterocycles. The van der Waals surface area contributed by atoms with Crippen LogP contribution in [0.1, 0.15) is 12.0 Å². The van der Waals surface area contributed by atoms with E-state index in [4.69, 9.17) is 16.3 Å². The van der Waals surface area contributed by atoms with Crippen LogP contribution in [0.4, 0.5) is 5.69 Å². The van der Waals surface area contributed by atoms with Crippen LogP contribution in [0, 0.1) is 10.1 Å². The van der Waals surface area contributed by atoms with Gasteiger partial charge in [0, 0.05) is 24.8 Å². The van der Waals surface area contributed by atoms with E-state index in [9.17, 15) is 10.1 Å². The predicted molar refractivity (Wildman–Crippen MR) is 71.2 cm³/mol. The molecule has 1 N–H and O–H groups in total. The number of likely N-dealkylation sites (N-methyl/N-ethyl adjacent to an activating group) is 1. The second-order valence-corrected chi connectivity index (χ2v) is 4.38. The van der Waals surface area contributed by atoms with E-state index < -0.39 is 4.92 Å². The second kappa shape index (κ2) is 7.31. The van der Waals surface area contributed by atoms with Gasteiger partial charge in [-0.2, -0.15) is 0 Å². The Kier molecular flexibility index (Phi) is 6.04. The van der Waals surface area contributed by atoms with Gasteiger partial charge in [-0.3, -0.25) is 10.1 Å². The molecule has 0 aliphatic rings. The van der Waals surface area contributed by atoms with Crippen LogP contribution < -0.4 is 5.32 Å². The summed E-state index contributed by atoms with van der Waals surface area (Å²) in [5.74, 6) is 0. The van der Waals surface area contributed by atoms with Gasteiger partial charge in [0.1, 0.15) is 0 Å². The Balaban J connectivity index is 2.80. The molecule has 1 atom stereocenters. The van der Waals surface area contributed by atoms with Crippen molar-refractivity contribution in [3.8, 4) is 0 Å². The van der Waals surface area contributed by atoms with E-state index >= 15 is 0 Å². The highest BCUT2D eigenvalue weighted by atomic mass is 35.5. The van der Waals surface area contributed by atoms with Crippen molar-refractivity contribution in [2.24, 2.45) is 0 Å². The van der Waals surface area contributed by atoms with Gasteiger partial charge in [0.05, 0.1) is 16.6 Å². The Morgan fingerprint density at radius 3 is 2.83 bits per heavy atom. The fourth-order valence-corrected chi connectivity index (χ4v) is 2.06. The molecule has 100 valence electrons. The van der Waals surface area contributed by atoms with Crippen molar-refractivity contribution < 1.29 is 9.66 Å². The maximum absolute atomic E-state index is 10.9. The Labute approximate surface area is 111 Å². The summed E-state index contributed by atoms with van der Waals surface area (Å²) < 4.78 is 5.06. The first-order chi connectivity index (χ1) is 8.60. The van der Waals surface area contributed by atoms with Crippen molar-refractivity contribution in [3.05, 3.63) is 38.9 Å². The zero-order chi connectivity index (χ0) is 13.5. The lowest BCUT2D eigenvalue weighted by molar-refractivity contribution is -0.385. The smallest absolute Gasteiger partial charge is 0.274 e. The Hall–Kier alpha value is -1.17. The fourth-order valence-electron chi connectivity index (χ4n) is 1.80. The lowest BCUT2D eigenvalue weighted by Gasteiger charge is -2.15. The van der Waals surface area contributed by atoms with E-state index in [1.54, 1.807) is 19.2 Å². The number of methoxy groups -OCH3 is 1. The van der Waals surface area contributed by atoms with Crippen molar-refractivity contribution in [1.82, 2.24) is 5.32 Å². The Morgan fingerprint density at radius 2 is 2.28 bits per heavy atom. The highest BCUT2D eigenvalue weighted by Gasteiger charge is 2.17. The lowest BCUT2D eigenvalue weighted by Crippen LogP contribution is -2.30. The molecule has 0 saturated carbocycles. The maximum atomic E-state index is 10.9. The predicted octanol–water partition coefficient (Wildman–Crippen LogP) is 2.42. The SMILES string of the molecule is CNC(CCc1c(Cl)cccc1[N+](=O)[O-])COC. The number of rotatable bonds is 7. The summed E-state index contributed by atoms with van der Waals surface area (Å²) in [6.07, 6.45) is 1.28. The third-order valence-electron chi connectivity index (χ3n) is 2.81. The fraction of sp³-hybridized carbons (Fsp3) is 0.500. The molecule has 1 aromatic rings. The minimum absolute atomic E-state index is 0.0785. The van der Waals surface area contributed by atoms with Gasteiger partial charge in [0.15, 0.2) is 0 Å². The number of halogens is 1. The van der Waals surface area contributed by atoms with Crippen molar-refractivity contribution in [2.45, 2.75) is 18.9 Å². The standard InChI is InChI=1S/C12H17ClN2O3/c1-14-9(8-18-2)6-7-10-11(13)4-3-5-12(10)15(16)17/h3-5,9,14H,6-8H2,1-2H3. The van der Waals surface area contributed by atoms with E-state index in [0.717, 1.165) is 6.42 Å². The number of nitrogens with one attached hydrogen (secondary N) is 1. The summed E-state index contributed by atoms with van der Waals surface area (Å²) in [7, 11) is 3.47. The Morgan fingerprint density at radius 1 is 1.56 bits per heavy atom. The van der Waals surface area contributed by atoms with Crippen LogP contribution in [-0.2, 0) is 11.2 Å². The molecule has 1 rings (SSSR count). The summed E-state index contributed by atoms with van der Waals surface area (Å²) >= 11 is 6.02. The topological polar surface area (TPSA) is 64.4 Å². The van der Waals surface area contributed by atoms with E-state index in [0.29, 0.717) is 23.6 Å². The second-order valence-electron chi connectivity index (χ2n) is 3.97. The number of hydrogen-bond acceptors (Lipinski definition) is 4. The molecule has 0 heterocycles. The zero-order valence-corrected chi connectivity index (χ0v) is 11.2. The summed E-state index contributed by atoms with van der Waals surface area (Å²) in [6, 6.07) is 4.90. The minimum Gasteiger partial charge on any atom is -0.383 e. The molecular weight excluding hydrogens is 256 g/mol. The van der Waals surface area contributed by atoms with Crippen molar-refractivity contribution in [2.75, 3.05) is 20.8 Å². The van der Waals surface area contributed by atoms with Crippen LogP contribution in [0.2, 0.25) is 5.02 Å². The van der Waals surface area contributed by atoms with Gasteiger partial charge >= 0.3 is 0 Å². The first kappa shape index (κ1) is 14.9. The monoisotopic (exact) mass is 272 g/mol. The molecule has 0 bridgehead atoms. The molecule has 0 radical (unpaired) electrons. The lowest BCUT2D eigenvalue weighted by atomic mass is 10.0. The molecule has 0 aromatic heterocycles. The first-order valence-corrected chi connectivity index (χ1v) is 6.06. The quantitative estimate of drug-likeness (QED) is 0.611. The maximum Gasteiger partial charge on any atom is 0.274 e. The molecule has 0 amide bonds. The molecule has 1 unspecified atom stereocenters. The average molecular weight is 273 g/mol. The van der Waals surface area contributed by atoms with Gasteiger partial charge in [-0.05, 0) is 26.0 Å². The summed E-state index contributed by atoms with van der Waals surface area (Å²) in [5, 5.41) is 14.5. The van der Waals surface area contributed by atoms with Gasteiger partial charge < -0.3 is 10.1 Å². The van der Waals surface area contributed by atoms with Gasteiger partial charge in [-0.1, -0.05) is 17.7 Å². The van der Waals surface area contributed by atoms with Crippen LogP contribution in [-0.4, -0.2) is 31.7 Å². The van der Waals surface area contributed by atoms with E-state index in [-0.39, 0.29) is 11.7 Å². The molecule has 6 heteroatoms. The molecule has 0 aliphatic carbocycles. The highest BCUT2D eigenvalue weighted by molar-refractivity contribution is 6.31. The average Bonchev–Trinajstić information content (AvgIpc) is 2.35. The molecule has 5 nitrogen and oxygen atoms in total. The molecule has 0 aliphatic heterocycles. The van der Waals surface area contributed by atoms with Crippen LogP contribution in [0.25, 0.3) is 0 Å². The van der Waals surface area contributed by atoms with Crippen LogP contribution in [0.3, 0.4) is 0 Å². The molecule has 0 fully saturated rings. The van der Waals surface area contributed by atoms with Crippen molar-refractivity contribution >= 4 is 17.3 Å². The van der Waals surface area contributed by atoms with Crippen LogP contribution in [0.15, 0.2) is 18.2 Å².